The quantitative estimate of drug-likeness (QED) is 0.761. The first-order valence-electron chi connectivity index (χ1n) is 5.76. The molecule has 114 valence electrons. The molecule has 1 aromatic heterocycles. The number of hydrogen-bond acceptors (Lipinski definition) is 5. The molecule has 2 aromatic rings. The number of benzene rings is 1. The number of carboxylic acid groups (broad SMARTS) is 1. The summed E-state index contributed by atoms with van der Waals surface area (Å²) in [5.41, 5.74) is -2.18. The van der Waals surface area contributed by atoms with Crippen LogP contribution in [-0.4, -0.2) is 36.7 Å². The number of fused-ring (bicyclic) bond motifs is 1. The van der Waals surface area contributed by atoms with Gasteiger partial charge in [-0.25, -0.2) is 17.9 Å². The molecular formula is C12H12ClNO5S2. The zero-order chi connectivity index (χ0) is 15.8. The van der Waals surface area contributed by atoms with Gasteiger partial charge in [0.1, 0.15) is 4.90 Å². The van der Waals surface area contributed by atoms with Crippen LogP contribution in [0.4, 0.5) is 0 Å². The molecule has 6 nitrogen and oxygen atoms in total. The minimum absolute atomic E-state index is 0.00573. The molecule has 0 spiro atoms. The molecule has 0 aliphatic heterocycles. The fourth-order valence-electron chi connectivity index (χ4n) is 1.58. The van der Waals surface area contributed by atoms with Gasteiger partial charge in [0.05, 0.1) is 6.54 Å². The zero-order valence-electron chi connectivity index (χ0n) is 10.8. The third-order valence-electron chi connectivity index (χ3n) is 2.86. The molecule has 0 saturated carbocycles. The average Bonchev–Trinajstić information content (AvgIpc) is 2.80. The lowest BCUT2D eigenvalue weighted by atomic mass is 10.1. The van der Waals surface area contributed by atoms with E-state index in [1.165, 1.54) is 22.8 Å². The summed E-state index contributed by atoms with van der Waals surface area (Å²) >= 11 is 7.09. The zero-order valence-corrected chi connectivity index (χ0v) is 13.2. The molecule has 9 heteroatoms. The van der Waals surface area contributed by atoms with E-state index in [2.05, 4.69) is 4.72 Å². The van der Waals surface area contributed by atoms with Crippen molar-refractivity contribution in [2.45, 2.75) is 17.4 Å². The Bertz CT molecular complexity index is 797. The second kappa shape index (κ2) is 5.54. The van der Waals surface area contributed by atoms with Crippen LogP contribution in [0.1, 0.15) is 6.92 Å². The highest BCUT2D eigenvalue weighted by molar-refractivity contribution is 7.90. The van der Waals surface area contributed by atoms with Gasteiger partial charge in [0, 0.05) is 20.5 Å². The van der Waals surface area contributed by atoms with E-state index >= 15 is 0 Å². The topological polar surface area (TPSA) is 104 Å². The normalized spacial score (nSPS) is 15.0. The van der Waals surface area contributed by atoms with E-state index < -0.39 is 28.1 Å². The van der Waals surface area contributed by atoms with Crippen LogP contribution in [0.15, 0.2) is 28.5 Å². The van der Waals surface area contributed by atoms with Crippen LogP contribution < -0.4 is 4.72 Å². The van der Waals surface area contributed by atoms with Gasteiger partial charge in [-0.05, 0) is 25.1 Å². The molecule has 1 aromatic carbocycles. The van der Waals surface area contributed by atoms with E-state index in [1.54, 1.807) is 12.1 Å². The number of halogens is 1. The molecule has 0 aliphatic rings. The Morgan fingerprint density at radius 2 is 2.14 bits per heavy atom. The highest BCUT2D eigenvalue weighted by atomic mass is 35.5. The minimum atomic E-state index is -3.95. The van der Waals surface area contributed by atoms with Crippen molar-refractivity contribution >= 4 is 49.0 Å². The molecule has 2 rings (SSSR count). The van der Waals surface area contributed by atoms with Gasteiger partial charge in [-0.1, -0.05) is 11.6 Å². The van der Waals surface area contributed by atoms with E-state index in [4.69, 9.17) is 16.7 Å². The fraction of sp³-hybridized carbons (Fsp3) is 0.250. The Morgan fingerprint density at radius 1 is 1.48 bits per heavy atom. The highest BCUT2D eigenvalue weighted by Gasteiger charge is 2.32. The standard InChI is InChI=1S/C12H12ClNO5S2/c1-12(17,11(15)16)6-14-21(18,19)10-5-20-9-3-2-7(13)4-8(9)10/h2-5,14,17H,6H2,1H3,(H,15,16). The van der Waals surface area contributed by atoms with E-state index in [1.807, 2.05) is 0 Å². The van der Waals surface area contributed by atoms with E-state index in [0.717, 1.165) is 11.6 Å². The number of hydrogen-bond donors (Lipinski definition) is 3. The maximum Gasteiger partial charge on any atom is 0.336 e. The summed E-state index contributed by atoms with van der Waals surface area (Å²) in [6, 6.07) is 4.88. The van der Waals surface area contributed by atoms with Crippen molar-refractivity contribution in [2.75, 3.05) is 6.54 Å². The summed E-state index contributed by atoms with van der Waals surface area (Å²) in [6.45, 7) is 0.378. The Balaban J connectivity index is 2.34. The highest BCUT2D eigenvalue weighted by Crippen LogP contribution is 2.31. The van der Waals surface area contributed by atoms with Crippen molar-refractivity contribution in [1.29, 1.82) is 0 Å². The summed E-state index contributed by atoms with van der Waals surface area (Å²) in [5.74, 6) is -1.51. The van der Waals surface area contributed by atoms with Crippen LogP contribution in [0.3, 0.4) is 0 Å². The lowest BCUT2D eigenvalue weighted by molar-refractivity contribution is -0.155. The van der Waals surface area contributed by atoms with Gasteiger partial charge < -0.3 is 10.2 Å². The predicted molar refractivity (Wildman–Crippen MR) is 80.3 cm³/mol. The van der Waals surface area contributed by atoms with E-state index in [-0.39, 0.29) is 4.90 Å². The molecule has 1 unspecified atom stereocenters. The lowest BCUT2D eigenvalue weighted by Gasteiger charge is -2.18. The van der Waals surface area contributed by atoms with Crippen LogP contribution >= 0.6 is 22.9 Å². The largest absolute Gasteiger partial charge is 0.479 e. The SMILES string of the molecule is CC(O)(CNS(=O)(=O)c1csc2ccc(Cl)cc12)C(=O)O. The van der Waals surface area contributed by atoms with Crippen molar-refractivity contribution in [2.24, 2.45) is 0 Å². The van der Waals surface area contributed by atoms with Gasteiger partial charge in [0.25, 0.3) is 0 Å². The maximum atomic E-state index is 12.2. The van der Waals surface area contributed by atoms with E-state index in [9.17, 15) is 18.3 Å². The Labute approximate surface area is 130 Å². The summed E-state index contributed by atoms with van der Waals surface area (Å²) in [6.07, 6.45) is 0. The van der Waals surface area contributed by atoms with Crippen molar-refractivity contribution in [1.82, 2.24) is 4.72 Å². The Kier molecular flexibility index (Phi) is 4.27. The monoisotopic (exact) mass is 349 g/mol. The molecule has 0 aliphatic carbocycles. The van der Waals surface area contributed by atoms with Crippen LogP contribution in [-0.2, 0) is 14.8 Å². The summed E-state index contributed by atoms with van der Waals surface area (Å²) in [7, 11) is -3.95. The molecule has 0 fully saturated rings. The molecular weight excluding hydrogens is 338 g/mol. The van der Waals surface area contributed by atoms with Gasteiger partial charge in [0.2, 0.25) is 10.0 Å². The van der Waals surface area contributed by atoms with Crippen molar-refractivity contribution in [3.63, 3.8) is 0 Å². The fourth-order valence-corrected chi connectivity index (χ4v) is 4.35. The number of carbonyl (C=O) groups is 1. The van der Waals surface area contributed by atoms with Gasteiger partial charge in [-0.3, -0.25) is 0 Å². The predicted octanol–water partition coefficient (Wildman–Crippen LogP) is 1.67. The summed E-state index contributed by atoms with van der Waals surface area (Å²) in [4.78, 5) is 10.8. The molecule has 0 radical (unpaired) electrons. The number of aliphatic hydroxyl groups is 1. The van der Waals surface area contributed by atoms with Crippen molar-refractivity contribution < 1.29 is 23.4 Å². The summed E-state index contributed by atoms with van der Waals surface area (Å²) in [5, 5.41) is 20.6. The molecule has 0 saturated heterocycles. The van der Waals surface area contributed by atoms with Crippen LogP contribution in [0.2, 0.25) is 5.02 Å². The average molecular weight is 350 g/mol. The van der Waals surface area contributed by atoms with Crippen LogP contribution in [0.25, 0.3) is 10.1 Å². The molecule has 0 bridgehead atoms. The van der Waals surface area contributed by atoms with Gasteiger partial charge in [0.15, 0.2) is 5.60 Å². The Hall–Kier alpha value is -1.19. The second-order valence-electron chi connectivity index (χ2n) is 4.64. The maximum absolute atomic E-state index is 12.2. The molecule has 3 N–H and O–H groups in total. The molecule has 1 atom stereocenters. The van der Waals surface area contributed by atoms with Gasteiger partial charge >= 0.3 is 5.97 Å². The number of aliphatic carboxylic acids is 1. The number of carboxylic acids is 1. The first kappa shape index (κ1) is 16.2. The lowest BCUT2D eigenvalue weighted by Crippen LogP contribution is -2.46. The first-order chi connectivity index (χ1) is 9.63. The number of rotatable bonds is 5. The van der Waals surface area contributed by atoms with E-state index in [0.29, 0.717) is 10.4 Å². The van der Waals surface area contributed by atoms with Gasteiger partial charge in [-0.15, -0.1) is 11.3 Å². The third kappa shape index (κ3) is 3.35. The number of thiophene rings is 1. The second-order valence-corrected chi connectivity index (χ2v) is 7.73. The van der Waals surface area contributed by atoms with Crippen LogP contribution in [0, 0.1) is 0 Å². The third-order valence-corrected chi connectivity index (χ3v) is 5.65. The number of nitrogens with one attached hydrogen (secondary N) is 1. The van der Waals surface area contributed by atoms with Crippen molar-refractivity contribution in [3.8, 4) is 0 Å². The van der Waals surface area contributed by atoms with Gasteiger partial charge in [-0.2, -0.15) is 0 Å². The molecule has 1 heterocycles. The summed E-state index contributed by atoms with van der Waals surface area (Å²) < 4.78 is 27.3. The van der Waals surface area contributed by atoms with Crippen LogP contribution in [0.5, 0.6) is 0 Å². The minimum Gasteiger partial charge on any atom is -0.479 e. The smallest absolute Gasteiger partial charge is 0.336 e. The first-order valence-corrected chi connectivity index (χ1v) is 8.50. The van der Waals surface area contributed by atoms with Crippen molar-refractivity contribution in [3.05, 3.63) is 28.6 Å². The Morgan fingerprint density at radius 3 is 2.76 bits per heavy atom. The molecule has 0 amide bonds. The molecule has 21 heavy (non-hydrogen) atoms. The number of sulfonamides is 1.